The molecule has 0 amide bonds. The zero-order valence-electron chi connectivity index (χ0n) is 13.8. The van der Waals surface area contributed by atoms with E-state index in [1.54, 1.807) is 11.3 Å². The second-order valence-electron chi connectivity index (χ2n) is 4.92. The van der Waals surface area contributed by atoms with Gasteiger partial charge in [0, 0.05) is 22.9 Å². The second-order valence-corrected chi connectivity index (χ2v) is 6.82. The van der Waals surface area contributed by atoms with Crippen LogP contribution in [0.4, 0.5) is 5.69 Å². The highest BCUT2D eigenvalue weighted by Gasteiger charge is 2.08. The first-order valence-corrected chi connectivity index (χ1v) is 9.29. The number of aryl methyl sites for hydroxylation is 2. The summed E-state index contributed by atoms with van der Waals surface area (Å²) in [6.45, 7) is 4.40. The van der Waals surface area contributed by atoms with Gasteiger partial charge in [-0.3, -0.25) is 0 Å². The van der Waals surface area contributed by atoms with Crippen molar-refractivity contribution >= 4 is 46.9 Å². The number of hydrogen-bond donors (Lipinski definition) is 3. The van der Waals surface area contributed by atoms with Crippen molar-refractivity contribution in [3.05, 3.63) is 45.4 Å². The Bertz CT molecular complexity index is 759. The van der Waals surface area contributed by atoms with Crippen molar-refractivity contribution in [2.75, 3.05) is 11.0 Å². The Hall–Kier alpha value is -2.19. The molecule has 0 fully saturated rings. The predicted octanol–water partition coefficient (Wildman–Crippen LogP) is 3.40. The zero-order chi connectivity index (χ0) is 17.5. The average molecular weight is 361 g/mol. The summed E-state index contributed by atoms with van der Waals surface area (Å²) in [6.07, 6.45) is 3.12. The van der Waals surface area contributed by atoms with Crippen molar-refractivity contribution in [3.63, 3.8) is 0 Å². The summed E-state index contributed by atoms with van der Waals surface area (Å²) < 4.78 is 3.17. The van der Waals surface area contributed by atoms with Crippen molar-refractivity contribution in [3.8, 4) is 0 Å². The number of guanidine groups is 1. The fraction of sp³-hybridized carbons (Fsp3) is 0.250. The molecule has 0 radical (unpaired) electrons. The van der Waals surface area contributed by atoms with E-state index in [0.717, 1.165) is 22.0 Å². The normalized spacial score (nSPS) is 12.3. The summed E-state index contributed by atoms with van der Waals surface area (Å²) in [6, 6.07) is 7.64. The first kappa shape index (κ1) is 18.2. The second kappa shape index (κ2) is 8.60. The molecule has 0 aliphatic heterocycles. The molecular formula is C16H20N6S2. The highest BCUT2D eigenvalue weighted by molar-refractivity contribution is 7.99. The third kappa shape index (κ3) is 4.65. The molecule has 2 rings (SSSR count). The van der Waals surface area contributed by atoms with Crippen molar-refractivity contribution in [1.82, 2.24) is 4.98 Å². The highest BCUT2D eigenvalue weighted by atomic mass is 32.2. The summed E-state index contributed by atoms with van der Waals surface area (Å²) in [5.41, 5.74) is 9.08. The number of nitrogens with zero attached hydrogens (tertiary/aromatic N) is 3. The summed E-state index contributed by atoms with van der Waals surface area (Å²) >= 11 is 3.08. The molecule has 6 nitrogen and oxygen atoms in total. The number of benzene rings is 1. The topological polar surface area (TPSA) is 99.5 Å². The van der Waals surface area contributed by atoms with Crippen molar-refractivity contribution in [2.45, 2.75) is 20.4 Å². The average Bonchev–Trinajstić information content (AvgIpc) is 2.90. The van der Waals surface area contributed by atoms with Crippen LogP contribution >= 0.6 is 23.3 Å². The van der Waals surface area contributed by atoms with E-state index in [2.05, 4.69) is 19.7 Å². The fourth-order valence-corrected chi connectivity index (χ4v) is 3.25. The van der Waals surface area contributed by atoms with Gasteiger partial charge in [0.1, 0.15) is 5.01 Å². The lowest BCUT2D eigenvalue weighted by atomic mass is 10.1. The molecule has 0 unspecified atom stereocenters. The molecule has 126 valence electrons. The SMILES string of the molecule is CSNc1ccccc1/C(C=N)=N/C(N)=NCc1nc(C)c(C)s1. The molecule has 0 saturated heterocycles. The van der Waals surface area contributed by atoms with Gasteiger partial charge < -0.3 is 15.9 Å². The first-order chi connectivity index (χ1) is 11.5. The summed E-state index contributed by atoms with van der Waals surface area (Å²) in [5.74, 6) is 0.137. The number of nitrogens with one attached hydrogen (secondary N) is 2. The van der Waals surface area contributed by atoms with Crippen LogP contribution in [0.25, 0.3) is 0 Å². The van der Waals surface area contributed by atoms with Gasteiger partial charge >= 0.3 is 0 Å². The lowest BCUT2D eigenvalue weighted by Crippen LogP contribution is -2.15. The predicted molar refractivity (Wildman–Crippen MR) is 106 cm³/mol. The van der Waals surface area contributed by atoms with Gasteiger partial charge in [-0.2, -0.15) is 0 Å². The van der Waals surface area contributed by atoms with E-state index in [1.807, 2.05) is 44.4 Å². The van der Waals surface area contributed by atoms with Crippen LogP contribution in [0.5, 0.6) is 0 Å². The molecule has 0 atom stereocenters. The summed E-state index contributed by atoms with van der Waals surface area (Å²) in [5, 5.41) is 8.54. The number of hydrogen-bond acceptors (Lipinski definition) is 6. The van der Waals surface area contributed by atoms with Crippen LogP contribution in [0.2, 0.25) is 0 Å². The highest BCUT2D eigenvalue weighted by Crippen LogP contribution is 2.19. The Balaban J connectivity index is 2.22. The molecule has 4 N–H and O–H groups in total. The van der Waals surface area contributed by atoms with Crippen LogP contribution in [-0.4, -0.2) is 29.1 Å². The third-order valence-corrected chi connectivity index (χ3v) is 4.72. The molecule has 1 heterocycles. The van der Waals surface area contributed by atoms with E-state index in [4.69, 9.17) is 11.1 Å². The van der Waals surface area contributed by atoms with Crippen molar-refractivity contribution < 1.29 is 0 Å². The summed E-state index contributed by atoms with van der Waals surface area (Å²) in [4.78, 5) is 14.2. The minimum Gasteiger partial charge on any atom is -0.368 e. The lowest BCUT2D eigenvalue weighted by Gasteiger charge is -2.09. The Kier molecular flexibility index (Phi) is 6.51. The van der Waals surface area contributed by atoms with Crippen LogP contribution < -0.4 is 10.5 Å². The number of nitrogens with two attached hydrogens (primary N) is 1. The standard InChI is InChI=1S/C16H20N6S2/c1-10-11(2)24-15(20-10)9-19-16(18)21-14(8-17)12-6-4-5-7-13(12)22-23-3/h4-8,17,22H,9H2,1-3H3,(H2,18,19)/b17-8?,21-14+. The van der Waals surface area contributed by atoms with E-state index in [-0.39, 0.29) is 5.96 Å². The third-order valence-electron chi connectivity index (χ3n) is 3.24. The Morgan fingerprint density at radius 2 is 2.17 bits per heavy atom. The minimum absolute atomic E-state index is 0.137. The maximum Gasteiger partial charge on any atom is 0.216 e. The zero-order valence-corrected chi connectivity index (χ0v) is 15.5. The number of aromatic nitrogens is 1. The molecule has 0 spiro atoms. The van der Waals surface area contributed by atoms with Crippen LogP contribution in [0.3, 0.4) is 0 Å². The molecular weight excluding hydrogens is 340 g/mol. The Morgan fingerprint density at radius 1 is 1.42 bits per heavy atom. The number of anilines is 1. The first-order valence-electron chi connectivity index (χ1n) is 7.25. The molecule has 0 saturated carbocycles. The van der Waals surface area contributed by atoms with E-state index in [1.165, 1.54) is 23.0 Å². The van der Waals surface area contributed by atoms with Crippen LogP contribution in [-0.2, 0) is 6.54 Å². The van der Waals surface area contributed by atoms with Gasteiger partial charge in [-0.1, -0.05) is 30.1 Å². The number of rotatable bonds is 6. The van der Waals surface area contributed by atoms with Crippen molar-refractivity contribution in [1.29, 1.82) is 5.41 Å². The number of aliphatic imine (C=N–C) groups is 2. The minimum atomic E-state index is 0.137. The lowest BCUT2D eigenvalue weighted by molar-refractivity contribution is 1.01. The van der Waals surface area contributed by atoms with Gasteiger partial charge in [-0.15, -0.1) is 11.3 Å². The molecule has 8 heteroatoms. The smallest absolute Gasteiger partial charge is 0.216 e. The Morgan fingerprint density at radius 3 is 2.79 bits per heavy atom. The van der Waals surface area contributed by atoms with E-state index < -0.39 is 0 Å². The molecule has 0 aliphatic carbocycles. The number of para-hydroxylation sites is 1. The van der Waals surface area contributed by atoms with Crippen molar-refractivity contribution in [2.24, 2.45) is 15.7 Å². The van der Waals surface area contributed by atoms with Gasteiger partial charge in [-0.25, -0.2) is 15.0 Å². The van der Waals surface area contributed by atoms with Gasteiger partial charge in [0.2, 0.25) is 5.96 Å². The number of thiazole rings is 1. The molecule has 1 aromatic heterocycles. The van der Waals surface area contributed by atoms with Gasteiger partial charge in [-0.05, 0) is 19.9 Å². The van der Waals surface area contributed by atoms with E-state index >= 15 is 0 Å². The van der Waals surface area contributed by atoms with Crippen LogP contribution in [0, 0.1) is 19.3 Å². The molecule has 0 aliphatic rings. The largest absolute Gasteiger partial charge is 0.368 e. The van der Waals surface area contributed by atoms with E-state index in [9.17, 15) is 0 Å². The monoisotopic (exact) mass is 360 g/mol. The Labute approximate surface area is 150 Å². The summed E-state index contributed by atoms with van der Waals surface area (Å²) in [7, 11) is 0. The molecule has 0 bridgehead atoms. The quantitative estimate of drug-likeness (QED) is 0.417. The molecule has 1 aromatic carbocycles. The maximum atomic E-state index is 7.64. The van der Waals surface area contributed by atoms with Gasteiger partial charge in [0.05, 0.1) is 23.6 Å². The van der Waals surface area contributed by atoms with E-state index in [0.29, 0.717) is 12.3 Å². The maximum absolute atomic E-state index is 7.64. The molecule has 24 heavy (non-hydrogen) atoms. The molecule has 2 aromatic rings. The van der Waals surface area contributed by atoms with Gasteiger partial charge in [0.15, 0.2) is 0 Å². The fourth-order valence-electron chi connectivity index (χ4n) is 1.99. The van der Waals surface area contributed by atoms with Crippen LogP contribution in [0.1, 0.15) is 21.1 Å². The van der Waals surface area contributed by atoms with Crippen LogP contribution in [0.15, 0.2) is 34.3 Å². The van der Waals surface area contributed by atoms with Gasteiger partial charge in [0.25, 0.3) is 0 Å².